The van der Waals surface area contributed by atoms with Crippen molar-refractivity contribution in [1.82, 2.24) is 30.5 Å². The molecule has 0 spiro atoms. The third-order valence-electron chi connectivity index (χ3n) is 5.05. The average molecular weight is 396 g/mol. The van der Waals surface area contributed by atoms with Gasteiger partial charge in [-0.05, 0) is 30.4 Å². The number of tetrazole rings is 1. The van der Waals surface area contributed by atoms with Gasteiger partial charge in [-0.2, -0.15) is 18.4 Å². The lowest BCUT2D eigenvalue weighted by Gasteiger charge is -2.33. The van der Waals surface area contributed by atoms with E-state index in [1.807, 2.05) is 6.07 Å². The average Bonchev–Trinajstić information content (AvgIpc) is 3.18. The van der Waals surface area contributed by atoms with E-state index in [2.05, 4.69) is 25.6 Å². The van der Waals surface area contributed by atoms with Gasteiger partial charge in [-0.3, -0.25) is 9.78 Å². The van der Waals surface area contributed by atoms with Crippen LogP contribution >= 0.6 is 0 Å². The van der Waals surface area contributed by atoms with Gasteiger partial charge in [-0.25, -0.2) is 0 Å². The topological polar surface area (TPSA) is 87.7 Å². The van der Waals surface area contributed by atoms with Gasteiger partial charge in [-0.1, -0.05) is 24.1 Å². The van der Waals surface area contributed by atoms with Crippen LogP contribution < -0.4 is 0 Å². The first-order valence-corrected chi connectivity index (χ1v) is 9.37. The van der Waals surface area contributed by atoms with Crippen molar-refractivity contribution < 1.29 is 18.0 Å². The lowest BCUT2D eigenvalue weighted by Crippen LogP contribution is -2.39. The second-order valence-corrected chi connectivity index (χ2v) is 7.25. The van der Waals surface area contributed by atoms with Gasteiger partial charge in [0.05, 0.1) is 0 Å². The summed E-state index contributed by atoms with van der Waals surface area (Å²) in [6, 6.07) is 3.66. The summed E-state index contributed by atoms with van der Waals surface area (Å²) >= 11 is 0. The van der Waals surface area contributed by atoms with E-state index in [0.717, 1.165) is 5.56 Å². The largest absolute Gasteiger partial charge is 0.389 e. The summed E-state index contributed by atoms with van der Waals surface area (Å²) in [5.41, 5.74) is 0.867. The molecule has 1 N–H and O–H groups in total. The molecule has 0 bridgehead atoms. The highest BCUT2D eigenvalue weighted by molar-refractivity contribution is 5.79. The van der Waals surface area contributed by atoms with E-state index in [1.165, 1.54) is 0 Å². The summed E-state index contributed by atoms with van der Waals surface area (Å²) < 4.78 is 38.3. The normalized spacial score (nSPS) is 20.1. The summed E-state index contributed by atoms with van der Waals surface area (Å²) in [6.07, 6.45) is 0.813. The van der Waals surface area contributed by atoms with Crippen LogP contribution in [0.4, 0.5) is 13.2 Å². The molecule has 28 heavy (non-hydrogen) atoms. The number of carbonyl (C=O) groups excluding carboxylic acids is 1. The Morgan fingerprint density at radius 2 is 2.18 bits per heavy atom. The van der Waals surface area contributed by atoms with E-state index in [0.29, 0.717) is 44.6 Å². The number of H-pyrrole nitrogens is 1. The Kier molecular flexibility index (Phi) is 6.58. The first-order valence-electron chi connectivity index (χ1n) is 9.37. The van der Waals surface area contributed by atoms with Crippen LogP contribution in [0.1, 0.15) is 43.5 Å². The van der Waals surface area contributed by atoms with Crippen molar-refractivity contribution in [2.24, 2.45) is 11.8 Å². The minimum atomic E-state index is -4.19. The molecule has 0 radical (unpaired) electrons. The molecule has 2 aromatic rings. The van der Waals surface area contributed by atoms with Crippen molar-refractivity contribution in [2.75, 3.05) is 6.54 Å². The number of hydrogen-bond acceptors (Lipinski definition) is 5. The van der Waals surface area contributed by atoms with Crippen LogP contribution in [0.5, 0.6) is 0 Å². The molecule has 7 nitrogen and oxygen atoms in total. The molecule has 0 aliphatic heterocycles. The summed E-state index contributed by atoms with van der Waals surface area (Å²) in [4.78, 5) is 18.9. The van der Waals surface area contributed by atoms with E-state index >= 15 is 0 Å². The molecular formula is C18H23F3N6O. The van der Waals surface area contributed by atoms with E-state index in [-0.39, 0.29) is 18.2 Å². The molecule has 152 valence electrons. The molecule has 1 amide bonds. The first-order chi connectivity index (χ1) is 13.4. The Morgan fingerprint density at radius 3 is 2.86 bits per heavy atom. The highest BCUT2D eigenvalue weighted by Crippen LogP contribution is 2.37. The summed E-state index contributed by atoms with van der Waals surface area (Å²) in [6.45, 7) is 0.721. The van der Waals surface area contributed by atoms with Gasteiger partial charge in [0, 0.05) is 44.2 Å². The number of halogens is 3. The van der Waals surface area contributed by atoms with Crippen LogP contribution in [-0.4, -0.2) is 49.1 Å². The Labute approximate surface area is 160 Å². The number of amides is 1. The fraction of sp³-hybridized carbons (Fsp3) is 0.611. The highest BCUT2D eigenvalue weighted by Gasteiger charge is 2.37. The van der Waals surface area contributed by atoms with Crippen LogP contribution in [0.2, 0.25) is 0 Å². The minimum Gasteiger partial charge on any atom is -0.338 e. The third kappa shape index (κ3) is 6.00. The molecule has 0 saturated heterocycles. The number of nitrogens with zero attached hydrogens (tertiary/aromatic N) is 5. The maximum atomic E-state index is 13.1. The summed E-state index contributed by atoms with van der Waals surface area (Å²) in [7, 11) is 0. The predicted molar refractivity (Wildman–Crippen MR) is 93.7 cm³/mol. The molecule has 2 atom stereocenters. The molecule has 2 unspecified atom stereocenters. The highest BCUT2D eigenvalue weighted by atomic mass is 19.4. The zero-order valence-electron chi connectivity index (χ0n) is 15.4. The van der Waals surface area contributed by atoms with E-state index < -0.39 is 18.5 Å². The van der Waals surface area contributed by atoms with Crippen molar-refractivity contribution in [3.8, 4) is 0 Å². The Balaban J connectivity index is 1.67. The Bertz CT molecular complexity index is 738. The number of aromatic amines is 1. The van der Waals surface area contributed by atoms with Gasteiger partial charge < -0.3 is 4.90 Å². The fourth-order valence-electron chi connectivity index (χ4n) is 3.79. The van der Waals surface area contributed by atoms with Crippen LogP contribution in [0, 0.1) is 11.8 Å². The van der Waals surface area contributed by atoms with Gasteiger partial charge in [0.15, 0.2) is 5.82 Å². The molecule has 1 fully saturated rings. The maximum absolute atomic E-state index is 13.1. The lowest BCUT2D eigenvalue weighted by molar-refractivity contribution is -0.152. The summed E-state index contributed by atoms with van der Waals surface area (Å²) in [5, 5.41) is 13.7. The van der Waals surface area contributed by atoms with Crippen LogP contribution in [0.15, 0.2) is 24.5 Å². The van der Waals surface area contributed by atoms with Gasteiger partial charge in [0.1, 0.15) is 0 Å². The molecule has 10 heteroatoms. The Morgan fingerprint density at radius 1 is 1.32 bits per heavy atom. The second kappa shape index (κ2) is 9.11. The number of pyridine rings is 1. The van der Waals surface area contributed by atoms with E-state index in [1.54, 1.807) is 23.4 Å². The quantitative estimate of drug-likeness (QED) is 0.778. The third-order valence-corrected chi connectivity index (χ3v) is 5.05. The van der Waals surface area contributed by atoms with Crippen molar-refractivity contribution >= 4 is 5.91 Å². The number of hydrogen-bond donors (Lipinski definition) is 1. The molecule has 1 aliphatic rings. The molecular weight excluding hydrogens is 373 g/mol. The standard InChI is InChI=1S/C18H23F3N6O/c19-18(20,21)10-13-3-1-5-15(9-13)17(28)27(8-6-16-23-25-26-24-16)12-14-4-2-7-22-11-14/h2,4,7,11,13,15H,1,3,5-6,8-10,12H2,(H,23,24,25,26). The monoisotopic (exact) mass is 396 g/mol. The zero-order chi connectivity index (χ0) is 20.0. The van der Waals surface area contributed by atoms with E-state index in [9.17, 15) is 18.0 Å². The summed E-state index contributed by atoms with van der Waals surface area (Å²) in [5.74, 6) is -0.495. The molecule has 2 aromatic heterocycles. The molecule has 3 rings (SSSR count). The van der Waals surface area contributed by atoms with Crippen LogP contribution in [-0.2, 0) is 17.8 Å². The molecule has 1 saturated carbocycles. The van der Waals surface area contributed by atoms with E-state index in [4.69, 9.17) is 0 Å². The lowest BCUT2D eigenvalue weighted by atomic mass is 9.79. The number of aromatic nitrogens is 5. The second-order valence-electron chi connectivity index (χ2n) is 7.25. The molecule has 1 aliphatic carbocycles. The molecule has 0 aromatic carbocycles. The first kappa shape index (κ1) is 20.2. The van der Waals surface area contributed by atoms with Gasteiger partial charge in [-0.15, -0.1) is 10.2 Å². The van der Waals surface area contributed by atoms with Crippen LogP contribution in [0.25, 0.3) is 0 Å². The van der Waals surface area contributed by atoms with Crippen LogP contribution in [0.3, 0.4) is 0 Å². The number of carbonyl (C=O) groups is 1. The van der Waals surface area contributed by atoms with Gasteiger partial charge >= 0.3 is 6.18 Å². The van der Waals surface area contributed by atoms with Gasteiger partial charge in [0.25, 0.3) is 0 Å². The molecule has 2 heterocycles. The predicted octanol–water partition coefficient (Wildman–Crippen LogP) is 2.92. The maximum Gasteiger partial charge on any atom is 0.389 e. The zero-order valence-corrected chi connectivity index (χ0v) is 15.4. The fourth-order valence-corrected chi connectivity index (χ4v) is 3.79. The Hall–Kier alpha value is -2.52. The minimum absolute atomic E-state index is 0.112. The SMILES string of the molecule is O=C(C1CCCC(CC(F)(F)F)C1)N(CCc1nn[nH]n1)Cc1cccnc1. The van der Waals surface area contributed by atoms with Crippen molar-refractivity contribution in [3.05, 3.63) is 35.9 Å². The van der Waals surface area contributed by atoms with Crippen molar-refractivity contribution in [3.63, 3.8) is 0 Å². The number of nitrogens with one attached hydrogen (secondary N) is 1. The van der Waals surface area contributed by atoms with Gasteiger partial charge in [0.2, 0.25) is 5.91 Å². The smallest absolute Gasteiger partial charge is 0.338 e. The number of rotatable bonds is 7. The number of alkyl halides is 3. The van der Waals surface area contributed by atoms with Crippen molar-refractivity contribution in [2.45, 2.75) is 51.2 Å². The van der Waals surface area contributed by atoms with Crippen molar-refractivity contribution in [1.29, 1.82) is 0 Å².